The maximum absolute atomic E-state index is 12.5. The first-order chi connectivity index (χ1) is 14.5. The van der Waals surface area contributed by atoms with E-state index in [4.69, 9.17) is 14.3 Å². The minimum Gasteiger partial charge on any atom is -0.496 e. The molecule has 0 saturated heterocycles. The van der Waals surface area contributed by atoms with Crippen LogP contribution in [0.2, 0.25) is 0 Å². The fourth-order valence-electron chi connectivity index (χ4n) is 3.48. The van der Waals surface area contributed by atoms with Crippen LogP contribution in [0.1, 0.15) is 34.9 Å². The van der Waals surface area contributed by atoms with Gasteiger partial charge in [0.05, 0.1) is 12.0 Å². The Hall–Kier alpha value is -3.10. The molecule has 0 aliphatic rings. The number of carbonyl (C=O) groups is 1. The van der Waals surface area contributed by atoms with E-state index in [1.807, 2.05) is 33.8 Å². The highest BCUT2D eigenvalue weighted by Gasteiger charge is 2.18. The largest absolute Gasteiger partial charge is 0.496 e. The van der Waals surface area contributed by atoms with E-state index < -0.39 is 10.0 Å². The van der Waals surface area contributed by atoms with Gasteiger partial charge in [-0.05, 0) is 62.6 Å². The van der Waals surface area contributed by atoms with E-state index in [2.05, 4.69) is 5.32 Å². The first kappa shape index (κ1) is 22.6. The van der Waals surface area contributed by atoms with Crippen molar-refractivity contribution in [3.63, 3.8) is 0 Å². The lowest BCUT2D eigenvalue weighted by Gasteiger charge is -2.13. The van der Waals surface area contributed by atoms with Gasteiger partial charge in [-0.25, -0.2) is 13.6 Å². The average molecular weight is 443 g/mol. The van der Waals surface area contributed by atoms with Gasteiger partial charge in [-0.1, -0.05) is 12.1 Å². The fraction of sp³-hybridized carbons (Fsp3) is 0.261. The van der Waals surface area contributed by atoms with Crippen molar-refractivity contribution in [3.05, 3.63) is 64.4 Å². The third kappa shape index (κ3) is 4.65. The van der Waals surface area contributed by atoms with Gasteiger partial charge in [-0.2, -0.15) is 0 Å². The number of furan rings is 1. The van der Waals surface area contributed by atoms with Gasteiger partial charge in [0.1, 0.15) is 17.1 Å². The Morgan fingerprint density at radius 1 is 1.16 bits per heavy atom. The summed E-state index contributed by atoms with van der Waals surface area (Å²) in [5.41, 5.74) is 5.06. The number of aryl methyl sites for hydroxylation is 3. The maximum atomic E-state index is 12.5. The molecule has 0 radical (unpaired) electrons. The highest BCUT2D eigenvalue weighted by atomic mass is 32.2. The summed E-state index contributed by atoms with van der Waals surface area (Å²) in [6.45, 7) is 7.97. The van der Waals surface area contributed by atoms with Gasteiger partial charge in [0.2, 0.25) is 15.9 Å². The van der Waals surface area contributed by atoms with E-state index in [1.54, 1.807) is 19.2 Å². The van der Waals surface area contributed by atoms with Crippen molar-refractivity contribution in [1.29, 1.82) is 0 Å². The fourth-order valence-corrected chi connectivity index (χ4v) is 3.99. The van der Waals surface area contributed by atoms with Crippen molar-refractivity contribution in [2.45, 2.75) is 39.1 Å². The number of benzene rings is 2. The van der Waals surface area contributed by atoms with Crippen LogP contribution >= 0.6 is 0 Å². The summed E-state index contributed by atoms with van der Waals surface area (Å²) in [5, 5.41) is 8.90. The standard InChI is InChI=1S/C23H26N2O5S/c1-13(10-21(26)25-12-17-6-8-18(9-7-17)31(24,27)28)19-11-20-14(2)16(4)30-23(20)15(3)22(19)29-5/h6-11H,12H2,1-5H3,(H,25,26)(H2,24,27,28)/b13-10+. The number of hydrogen-bond donors (Lipinski definition) is 2. The zero-order chi connectivity index (χ0) is 22.9. The molecule has 1 heterocycles. The van der Waals surface area contributed by atoms with Crippen LogP contribution in [0.15, 0.2) is 45.7 Å². The van der Waals surface area contributed by atoms with E-state index in [9.17, 15) is 13.2 Å². The first-order valence-corrected chi connectivity index (χ1v) is 11.2. The summed E-state index contributed by atoms with van der Waals surface area (Å²) < 4.78 is 34.2. The third-order valence-electron chi connectivity index (χ3n) is 5.34. The van der Waals surface area contributed by atoms with Gasteiger partial charge >= 0.3 is 0 Å². The number of rotatable bonds is 6. The molecular formula is C23H26N2O5S. The van der Waals surface area contributed by atoms with Crippen LogP contribution in [0.5, 0.6) is 5.75 Å². The van der Waals surface area contributed by atoms with Crippen LogP contribution in [-0.2, 0) is 21.4 Å². The normalized spacial score (nSPS) is 12.3. The van der Waals surface area contributed by atoms with Crippen molar-refractivity contribution in [1.82, 2.24) is 5.32 Å². The number of amides is 1. The lowest BCUT2D eigenvalue weighted by Crippen LogP contribution is -2.20. The lowest BCUT2D eigenvalue weighted by atomic mass is 9.98. The van der Waals surface area contributed by atoms with Gasteiger partial charge in [-0.15, -0.1) is 0 Å². The molecule has 0 bridgehead atoms. The number of nitrogens with one attached hydrogen (secondary N) is 1. The predicted octanol–water partition coefficient (Wildman–Crippen LogP) is 3.73. The Kier molecular flexibility index (Phi) is 6.24. The van der Waals surface area contributed by atoms with Gasteiger partial charge in [0.15, 0.2) is 0 Å². The molecule has 0 unspecified atom stereocenters. The third-order valence-corrected chi connectivity index (χ3v) is 6.27. The smallest absolute Gasteiger partial charge is 0.244 e. The number of allylic oxidation sites excluding steroid dienone is 1. The molecular weight excluding hydrogens is 416 g/mol. The highest BCUT2D eigenvalue weighted by Crippen LogP contribution is 2.38. The summed E-state index contributed by atoms with van der Waals surface area (Å²) in [6, 6.07) is 8.03. The molecule has 3 aromatic rings. The van der Waals surface area contributed by atoms with Crippen LogP contribution in [0.25, 0.3) is 16.5 Å². The van der Waals surface area contributed by atoms with Crippen molar-refractivity contribution in [3.8, 4) is 5.75 Å². The number of carbonyl (C=O) groups excluding carboxylic acids is 1. The number of nitrogens with two attached hydrogens (primary N) is 1. The Morgan fingerprint density at radius 2 is 1.81 bits per heavy atom. The van der Waals surface area contributed by atoms with Crippen LogP contribution in [-0.4, -0.2) is 21.4 Å². The van der Waals surface area contributed by atoms with Gasteiger partial charge in [-0.3, -0.25) is 4.79 Å². The Labute approximate surface area is 181 Å². The maximum Gasteiger partial charge on any atom is 0.244 e. The number of primary sulfonamides is 1. The monoisotopic (exact) mass is 442 g/mol. The van der Waals surface area contributed by atoms with Crippen LogP contribution in [0.4, 0.5) is 0 Å². The number of sulfonamides is 1. The number of hydrogen-bond acceptors (Lipinski definition) is 5. The van der Waals surface area contributed by atoms with Gasteiger partial charge in [0, 0.05) is 29.1 Å². The zero-order valence-corrected chi connectivity index (χ0v) is 19.0. The summed E-state index contributed by atoms with van der Waals surface area (Å²) in [6.07, 6.45) is 1.52. The number of ether oxygens (including phenoxy) is 1. The Morgan fingerprint density at radius 3 is 2.39 bits per heavy atom. The van der Waals surface area contributed by atoms with Crippen molar-refractivity contribution >= 4 is 32.5 Å². The number of fused-ring (bicyclic) bond motifs is 1. The van der Waals surface area contributed by atoms with Crippen LogP contribution < -0.4 is 15.2 Å². The second-order valence-corrected chi connectivity index (χ2v) is 9.04. The van der Waals surface area contributed by atoms with Gasteiger partial charge in [0.25, 0.3) is 0 Å². The molecule has 0 aliphatic heterocycles. The molecule has 0 aliphatic carbocycles. The molecule has 1 amide bonds. The van der Waals surface area contributed by atoms with E-state index >= 15 is 0 Å². The molecule has 31 heavy (non-hydrogen) atoms. The van der Waals surface area contributed by atoms with Crippen LogP contribution in [0.3, 0.4) is 0 Å². The van der Waals surface area contributed by atoms with Crippen molar-refractivity contribution < 1.29 is 22.4 Å². The van der Waals surface area contributed by atoms with Crippen molar-refractivity contribution in [2.75, 3.05) is 7.11 Å². The van der Waals surface area contributed by atoms with Gasteiger partial charge < -0.3 is 14.5 Å². The summed E-state index contributed by atoms with van der Waals surface area (Å²) in [4.78, 5) is 12.5. The molecule has 2 aromatic carbocycles. The second-order valence-electron chi connectivity index (χ2n) is 7.48. The Balaban J connectivity index is 1.83. The molecule has 0 atom stereocenters. The highest BCUT2D eigenvalue weighted by molar-refractivity contribution is 7.89. The van der Waals surface area contributed by atoms with E-state index in [1.165, 1.54) is 18.2 Å². The summed E-state index contributed by atoms with van der Waals surface area (Å²) >= 11 is 0. The summed E-state index contributed by atoms with van der Waals surface area (Å²) in [5.74, 6) is 1.25. The quantitative estimate of drug-likeness (QED) is 0.565. The average Bonchev–Trinajstić information content (AvgIpc) is 3.00. The van der Waals surface area contributed by atoms with E-state index in [-0.39, 0.29) is 17.3 Å². The second kappa shape index (κ2) is 8.56. The number of methoxy groups -OCH3 is 1. The summed E-state index contributed by atoms with van der Waals surface area (Å²) in [7, 11) is -2.14. The van der Waals surface area contributed by atoms with E-state index in [0.717, 1.165) is 44.6 Å². The minimum atomic E-state index is -3.74. The Bertz CT molecular complexity index is 1290. The first-order valence-electron chi connectivity index (χ1n) is 9.68. The van der Waals surface area contributed by atoms with E-state index in [0.29, 0.717) is 5.75 Å². The molecule has 7 nitrogen and oxygen atoms in total. The topological polar surface area (TPSA) is 112 Å². The molecule has 3 rings (SSSR count). The predicted molar refractivity (Wildman–Crippen MR) is 120 cm³/mol. The lowest BCUT2D eigenvalue weighted by molar-refractivity contribution is -0.116. The molecule has 0 saturated carbocycles. The molecule has 1 aromatic heterocycles. The minimum absolute atomic E-state index is 0.0287. The molecule has 164 valence electrons. The molecule has 0 spiro atoms. The molecule has 8 heteroatoms. The SMILES string of the molecule is COc1c(/C(C)=C/C(=O)NCc2ccc(S(N)(=O)=O)cc2)cc2c(C)c(C)oc2c1C. The zero-order valence-electron chi connectivity index (χ0n) is 18.2. The molecule has 3 N–H and O–H groups in total. The van der Waals surface area contributed by atoms with Crippen molar-refractivity contribution in [2.24, 2.45) is 5.14 Å². The molecule has 0 fully saturated rings. The van der Waals surface area contributed by atoms with Crippen LogP contribution in [0, 0.1) is 20.8 Å².